The summed E-state index contributed by atoms with van der Waals surface area (Å²) >= 11 is 3.48. The number of halogens is 1. The Morgan fingerprint density at radius 2 is 2.03 bits per heavy atom. The molecule has 3 N–H and O–H groups in total. The van der Waals surface area contributed by atoms with Crippen molar-refractivity contribution >= 4 is 39.3 Å². The zero-order chi connectivity index (χ0) is 22.4. The molecular weight excluding hydrogens is 476 g/mol. The van der Waals surface area contributed by atoms with Crippen LogP contribution >= 0.6 is 15.9 Å². The zero-order valence-electron chi connectivity index (χ0n) is 17.3. The molecule has 2 aromatic heterocycles. The van der Waals surface area contributed by atoms with Gasteiger partial charge < -0.3 is 15.7 Å². The van der Waals surface area contributed by atoms with Gasteiger partial charge >= 0.3 is 6.09 Å². The quantitative estimate of drug-likeness (QED) is 0.573. The van der Waals surface area contributed by atoms with Crippen LogP contribution in [0.15, 0.2) is 47.3 Å². The maximum atomic E-state index is 13.0. The molecule has 166 valence electrons. The van der Waals surface area contributed by atoms with Crippen LogP contribution in [0.2, 0.25) is 0 Å². The number of rotatable bonds is 3. The van der Waals surface area contributed by atoms with E-state index in [9.17, 15) is 14.7 Å². The molecule has 0 saturated carbocycles. The van der Waals surface area contributed by atoms with E-state index in [0.717, 1.165) is 17.8 Å². The number of nitrogen functional groups attached to an aromatic ring is 1. The maximum Gasteiger partial charge on any atom is 0.408 e. The Kier molecular flexibility index (Phi) is 5.24. The van der Waals surface area contributed by atoms with Gasteiger partial charge in [-0.3, -0.25) is 14.1 Å². The molecule has 3 aromatic rings. The van der Waals surface area contributed by atoms with E-state index in [1.807, 2.05) is 45.8 Å². The van der Waals surface area contributed by atoms with Gasteiger partial charge in [-0.2, -0.15) is 0 Å². The van der Waals surface area contributed by atoms with Crippen molar-refractivity contribution < 1.29 is 14.7 Å². The monoisotopic (exact) mass is 498 g/mol. The first-order valence-corrected chi connectivity index (χ1v) is 11.3. The number of amides is 2. The van der Waals surface area contributed by atoms with E-state index in [0.29, 0.717) is 35.3 Å². The first-order valence-electron chi connectivity index (χ1n) is 10.5. The van der Waals surface area contributed by atoms with Gasteiger partial charge in [0.25, 0.3) is 0 Å². The number of nitrogens with two attached hydrogens (primary N) is 1. The first-order chi connectivity index (χ1) is 15.4. The predicted molar refractivity (Wildman–Crippen MR) is 121 cm³/mol. The van der Waals surface area contributed by atoms with Crippen LogP contribution in [0.1, 0.15) is 30.1 Å². The molecule has 0 aliphatic carbocycles. The molecule has 1 unspecified atom stereocenters. The summed E-state index contributed by atoms with van der Waals surface area (Å²) < 4.78 is 2.56. The third-order valence-corrected chi connectivity index (χ3v) is 7.12. The van der Waals surface area contributed by atoms with Gasteiger partial charge in [-0.25, -0.2) is 14.8 Å². The first kappa shape index (κ1) is 20.7. The Balaban J connectivity index is 1.45. The van der Waals surface area contributed by atoms with Crippen molar-refractivity contribution in [3.05, 3.63) is 58.7 Å². The number of aromatic nitrogens is 3. The number of hydrogen-bond acceptors (Lipinski definition) is 5. The molecule has 2 fully saturated rings. The molecule has 2 amide bonds. The lowest BCUT2D eigenvalue weighted by Crippen LogP contribution is -2.65. The average Bonchev–Trinajstić information content (AvgIpc) is 3.13. The van der Waals surface area contributed by atoms with Gasteiger partial charge in [0.05, 0.1) is 12.1 Å². The SMILES string of the molecule is Nc1nccn2c([C@@H]3CC[C@@H]4C(Cc5ccccc5)N(C(=O)O)CC(=O)N4C3)nc(Br)c12. The molecular formula is C22H23BrN6O3. The van der Waals surface area contributed by atoms with E-state index >= 15 is 0 Å². The standard InChI is InChI=1S/C22H23BrN6O3/c23-19-18-20(24)25-8-9-27(18)21(26-19)14-6-7-15-16(10-13-4-2-1-3-5-13)29(22(31)32)12-17(30)28(15)11-14/h1-5,8-9,14-16H,6-7,10-12H2,(H2,24,25)(H,31,32)/t14-,15-,16?/m1/s1. The number of carboxylic acid groups (broad SMARTS) is 1. The van der Waals surface area contributed by atoms with Crippen LogP contribution in [0, 0.1) is 0 Å². The predicted octanol–water partition coefficient (Wildman–Crippen LogP) is 2.75. The second-order valence-corrected chi connectivity index (χ2v) is 9.10. The summed E-state index contributed by atoms with van der Waals surface area (Å²) in [6, 6.07) is 9.39. The fraction of sp³-hybridized carbons (Fsp3) is 0.364. The van der Waals surface area contributed by atoms with E-state index in [2.05, 4.69) is 25.9 Å². The number of hydrogen-bond donors (Lipinski definition) is 2. The maximum absolute atomic E-state index is 13.0. The molecule has 2 aliphatic rings. The number of anilines is 1. The van der Waals surface area contributed by atoms with Crippen molar-refractivity contribution in [3.8, 4) is 0 Å². The molecule has 10 heteroatoms. The lowest BCUT2D eigenvalue weighted by molar-refractivity contribution is -0.144. The van der Waals surface area contributed by atoms with Gasteiger partial charge in [0.2, 0.25) is 5.91 Å². The highest BCUT2D eigenvalue weighted by Gasteiger charge is 2.46. The largest absolute Gasteiger partial charge is 0.465 e. The van der Waals surface area contributed by atoms with Crippen molar-refractivity contribution in [2.45, 2.75) is 37.3 Å². The van der Waals surface area contributed by atoms with Crippen LogP contribution < -0.4 is 5.73 Å². The van der Waals surface area contributed by atoms with Gasteiger partial charge in [-0.05, 0) is 40.8 Å². The number of fused-ring (bicyclic) bond motifs is 2. The average molecular weight is 499 g/mol. The number of piperazine rings is 1. The van der Waals surface area contributed by atoms with E-state index in [1.165, 1.54) is 4.90 Å². The number of piperidine rings is 1. The van der Waals surface area contributed by atoms with Crippen LogP contribution in [0.4, 0.5) is 10.6 Å². The van der Waals surface area contributed by atoms with Crippen molar-refractivity contribution in [3.63, 3.8) is 0 Å². The van der Waals surface area contributed by atoms with Crippen LogP contribution in [0.25, 0.3) is 5.52 Å². The topological polar surface area (TPSA) is 117 Å². The molecule has 5 rings (SSSR count). The minimum absolute atomic E-state index is 0.0181. The van der Waals surface area contributed by atoms with Crippen molar-refractivity contribution in [2.24, 2.45) is 0 Å². The zero-order valence-corrected chi connectivity index (χ0v) is 18.9. The van der Waals surface area contributed by atoms with E-state index in [1.54, 1.807) is 6.20 Å². The minimum atomic E-state index is -1.05. The number of imidazole rings is 1. The van der Waals surface area contributed by atoms with Crippen LogP contribution in [0.3, 0.4) is 0 Å². The Labute approximate surface area is 193 Å². The van der Waals surface area contributed by atoms with E-state index < -0.39 is 6.09 Å². The Hall–Kier alpha value is -3.14. The molecule has 0 spiro atoms. The normalized spacial score (nSPS) is 23.4. The summed E-state index contributed by atoms with van der Waals surface area (Å²) in [4.78, 5) is 37.0. The lowest BCUT2D eigenvalue weighted by atomic mass is 9.84. The molecule has 0 radical (unpaired) electrons. The molecule has 9 nitrogen and oxygen atoms in total. The fourth-order valence-corrected chi connectivity index (χ4v) is 5.67. The van der Waals surface area contributed by atoms with Crippen molar-refractivity contribution in [1.82, 2.24) is 24.2 Å². The van der Waals surface area contributed by atoms with Crippen LogP contribution in [0.5, 0.6) is 0 Å². The van der Waals surface area contributed by atoms with Gasteiger partial charge in [-0.1, -0.05) is 30.3 Å². The Bertz CT molecular complexity index is 1180. The summed E-state index contributed by atoms with van der Waals surface area (Å²) in [5.74, 6) is 1.07. The number of benzene rings is 1. The second-order valence-electron chi connectivity index (χ2n) is 8.35. The molecule has 2 aliphatic heterocycles. The lowest BCUT2D eigenvalue weighted by Gasteiger charge is -2.50. The molecule has 3 atom stereocenters. The Morgan fingerprint density at radius 3 is 2.78 bits per heavy atom. The number of carbonyl (C=O) groups is 2. The fourth-order valence-electron chi connectivity index (χ4n) is 5.09. The second kappa shape index (κ2) is 8.09. The summed E-state index contributed by atoms with van der Waals surface area (Å²) in [5, 5.41) is 9.79. The molecule has 0 bridgehead atoms. The molecule has 1 aromatic carbocycles. The molecule has 32 heavy (non-hydrogen) atoms. The van der Waals surface area contributed by atoms with Gasteiger partial charge in [-0.15, -0.1) is 0 Å². The number of nitrogens with zero attached hydrogens (tertiary/aromatic N) is 5. The van der Waals surface area contributed by atoms with E-state index in [-0.39, 0.29) is 30.5 Å². The third kappa shape index (κ3) is 3.48. The van der Waals surface area contributed by atoms with Gasteiger partial charge in [0.15, 0.2) is 5.82 Å². The van der Waals surface area contributed by atoms with Gasteiger partial charge in [0.1, 0.15) is 22.5 Å². The van der Waals surface area contributed by atoms with Crippen LogP contribution in [-0.2, 0) is 11.2 Å². The minimum Gasteiger partial charge on any atom is -0.465 e. The third-order valence-electron chi connectivity index (χ3n) is 6.57. The highest BCUT2D eigenvalue weighted by molar-refractivity contribution is 9.10. The van der Waals surface area contributed by atoms with Gasteiger partial charge in [0, 0.05) is 24.9 Å². The summed E-state index contributed by atoms with van der Waals surface area (Å²) in [7, 11) is 0. The highest BCUT2D eigenvalue weighted by Crippen LogP contribution is 2.37. The number of carbonyl (C=O) groups excluding carboxylic acids is 1. The molecule has 4 heterocycles. The van der Waals surface area contributed by atoms with E-state index in [4.69, 9.17) is 5.73 Å². The van der Waals surface area contributed by atoms with Crippen molar-refractivity contribution in [1.29, 1.82) is 0 Å². The Morgan fingerprint density at radius 1 is 1.25 bits per heavy atom. The highest BCUT2D eigenvalue weighted by atomic mass is 79.9. The smallest absolute Gasteiger partial charge is 0.408 e. The summed E-state index contributed by atoms with van der Waals surface area (Å²) in [6.45, 7) is 0.370. The van der Waals surface area contributed by atoms with Crippen LogP contribution in [-0.4, -0.2) is 66.4 Å². The van der Waals surface area contributed by atoms with Crippen molar-refractivity contribution in [2.75, 3.05) is 18.8 Å². The molecule has 2 saturated heterocycles. The summed E-state index contributed by atoms with van der Waals surface area (Å²) in [6.07, 6.45) is 4.48. The summed E-state index contributed by atoms with van der Waals surface area (Å²) in [5.41, 5.74) is 7.81.